The molecule has 12 aromatic rings. The molecule has 286 valence electrons. The molecule has 0 aliphatic carbocycles. The molecule has 12 rings (SSSR count). The van der Waals surface area contributed by atoms with Crippen LogP contribution in [0.25, 0.3) is 99.2 Å². The highest BCUT2D eigenvalue weighted by Gasteiger charge is 2.22. The lowest BCUT2D eigenvalue weighted by Crippen LogP contribution is -2.10. The standard InChI is InChI=1S/C58H37NO2/c1-4-15-38(16-5-1)39-27-31-44(32-28-39)59(53-25-14-24-49-47-22-12-13-26-54(47)60-58(49)53)45-33-29-40(30-34-45)43-35-51(42-19-8-3-9-20-42)56-52-37-50(41-17-6-2-7-18-41)46-21-10-11-23-48(46)57(52)61-55(56)36-43/h1-37H. The van der Waals surface area contributed by atoms with Crippen LogP contribution in [0, 0.1) is 0 Å². The number of furan rings is 2. The SMILES string of the molecule is c1ccc(-c2ccc(N(c3ccc(-c4cc(-c5ccccc5)c5c(c4)oc4c6ccccc6c(-c6ccccc6)cc45)cc3)c3cccc4c3oc3ccccc34)cc2)cc1. The Morgan fingerprint density at radius 1 is 0.279 bits per heavy atom. The van der Waals surface area contributed by atoms with Gasteiger partial charge in [-0.15, -0.1) is 0 Å². The summed E-state index contributed by atoms with van der Waals surface area (Å²) >= 11 is 0. The molecule has 0 bridgehead atoms. The number of fused-ring (bicyclic) bond motifs is 8. The summed E-state index contributed by atoms with van der Waals surface area (Å²) in [7, 11) is 0. The summed E-state index contributed by atoms with van der Waals surface area (Å²) in [5.41, 5.74) is 15.7. The van der Waals surface area contributed by atoms with E-state index in [0.717, 1.165) is 88.6 Å². The molecule has 0 radical (unpaired) electrons. The minimum atomic E-state index is 0.852. The van der Waals surface area contributed by atoms with E-state index in [1.165, 1.54) is 27.6 Å². The van der Waals surface area contributed by atoms with E-state index in [1.807, 2.05) is 12.1 Å². The van der Waals surface area contributed by atoms with Crippen LogP contribution in [0.2, 0.25) is 0 Å². The van der Waals surface area contributed by atoms with Crippen LogP contribution in [0.5, 0.6) is 0 Å². The van der Waals surface area contributed by atoms with Gasteiger partial charge in [-0.2, -0.15) is 0 Å². The first-order valence-corrected chi connectivity index (χ1v) is 20.7. The van der Waals surface area contributed by atoms with Crippen molar-refractivity contribution in [2.24, 2.45) is 0 Å². The summed E-state index contributed by atoms with van der Waals surface area (Å²) in [6.07, 6.45) is 0. The summed E-state index contributed by atoms with van der Waals surface area (Å²) in [5, 5.41) is 6.71. The van der Waals surface area contributed by atoms with Crippen LogP contribution < -0.4 is 4.90 Å². The number of anilines is 3. The van der Waals surface area contributed by atoms with Crippen LogP contribution >= 0.6 is 0 Å². The van der Waals surface area contributed by atoms with E-state index in [-0.39, 0.29) is 0 Å². The maximum absolute atomic E-state index is 6.95. The summed E-state index contributed by atoms with van der Waals surface area (Å²) in [6, 6.07) is 79.7. The fourth-order valence-electron chi connectivity index (χ4n) is 9.17. The molecular formula is C58H37NO2. The molecule has 0 N–H and O–H groups in total. The average molecular weight is 780 g/mol. The largest absolute Gasteiger partial charge is 0.455 e. The highest BCUT2D eigenvalue weighted by molar-refractivity contribution is 6.22. The number of para-hydroxylation sites is 2. The first-order chi connectivity index (χ1) is 30.2. The summed E-state index contributed by atoms with van der Waals surface area (Å²) < 4.78 is 13.6. The van der Waals surface area contributed by atoms with Crippen molar-refractivity contribution >= 4 is 71.7 Å². The Labute approximate surface area is 353 Å². The molecule has 61 heavy (non-hydrogen) atoms. The van der Waals surface area contributed by atoms with Crippen LogP contribution in [-0.4, -0.2) is 0 Å². The molecular weight excluding hydrogens is 743 g/mol. The third kappa shape index (κ3) is 5.90. The molecule has 0 atom stereocenters. The molecule has 0 saturated heterocycles. The van der Waals surface area contributed by atoms with Gasteiger partial charge in [-0.25, -0.2) is 0 Å². The van der Waals surface area contributed by atoms with Crippen LogP contribution in [-0.2, 0) is 0 Å². The van der Waals surface area contributed by atoms with Crippen molar-refractivity contribution in [1.29, 1.82) is 0 Å². The number of hydrogen-bond donors (Lipinski definition) is 0. The minimum Gasteiger partial charge on any atom is -0.455 e. The molecule has 3 heteroatoms. The van der Waals surface area contributed by atoms with Crippen molar-refractivity contribution in [3.05, 3.63) is 224 Å². The van der Waals surface area contributed by atoms with Gasteiger partial charge >= 0.3 is 0 Å². The van der Waals surface area contributed by atoms with Gasteiger partial charge in [-0.05, 0) is 104 Å². The highest BCUT2D eigenvalue weighted by Crippen LogP contribution is 2.46. The van der Waals surface area contributed by atoms with Gasteiger partial charge in [0.1, 0.15) is 16.7 Å². The topological polar surface area (TPSA) is 29.5 Å². The molecule has 0 aliphatic rings. The fourth-order valence-corrected chi connectivity index (χ4v) is 9.17. The van der Waals surface area contributed by atoms with E-state index in [4.69, 9.17) is 8.83 Å². The van der Waals surface area contributed by atoms with E-state index in [1.54, 1.807) is 0 Å². The molecule has 0 aliphatic heterocycles. The number of benzene rings is 10. The lowest BCUT2D eigenvalue weighted by atomic mass is 9.91. The predicted molar refractivity (Wildman–Crippen MR) is 255 cm³/mol. The van der Waals surface area contributed by atoms with Crippen LogP contribution in [0.4, 0.5) is 17.1 Å². The number of hydrogen-bond acceptors (Lipinski definition) is 3. The van der Waals surface area contributed by atoms with Crippen molar-refractivity contribution < 1.29 is 8.83 Å². The smallest absolute Gasteiger partial charge is 0.159 e. The van der Waals surface area contributed by atoms with Crippen LogP contribution in [0.3, 0.4) is 0 Å². The van der Waals surface area contributed by atoms with Crippen LogP contribution in [0.1, 0.15) is 0 Å². The van der Waals surface area contributed by atoms with Crippen molar-refractivity contribution in [3.8, 4) is 44.5 Å². The number of nitrogens with zero attached hydrogens (tertiary/aromatic N) is 1. The molecule has 0 spiro atoms. The zero-order chi connectivity index (χ0) is 40.3. The van der Waals surface area contributed by atoms with Crippen molar-refractivity contribution in [2.75, 3.05) is 4.90 Å². The zero-order valence-electron chi connectivity index (χ0n) is 33.1. The van der Waals surface area contributed by atoms with Gasteiger partial charge in [0.05, 0.1) is 5.69 Å². The van der Waals surface area contributed by atoms with E-state index in [2.05, 4.69) is 217 Å². The van der Waals surface area contributed by atoms with Gasteiger partial charge < -0.3 is 13.7 Å². The van der Waals surface area contributed by atoms with Crippen molar-refractivity contribution in [3.63, 3.8) is 0 Å². The van der Waals surface area contributed by atoms with E-state index in [0.29, 0.717) is 0 Å². The molecule has 0 saturated carbocycles. The van der Waals surface area contributed by atoms with Gasteiger partial charge in [-0.3, -0.25) is 0 Å². The van der Waals surface area contributed by atoms with Gasteiger partial charge in [0.15, 0.2) is 5.58 Å². The lowest BCUT2D eigenvalue weighted by Gasteiger charge is -2.26. The number of rotatable bonds is 7. The first-order valence-electron chi connectivity index (χ1n) is 20.7. The Hall–Kier alpha value is -8.14. The van der Waals surface area contributed by atoms with E-state index in [9.17, 15) is 0 Å². The van der Waals surface area contributed by atoms with Gasteiger partial charge in [0, 0.05) is 38.3 Å². The molecule has 0 amide bonds. The Kier molecular flexibility index (Phi) is 8.17. The van der Waals surface area contributed by atoms with Crippen molar-refractivity contribution in [1.82, 2.24) is 0 Å². The molecule has 0 unspecified atom stereocenters. The molecule has 10 aromatic carbocycles. The third-order valence-corrected chi connectivity index (χ3v) is 12.1. The maximum Gasteiger partial charge on any atom is 0.159 e. The summed E-state index contributed by atoms with van der Waals surface area (Å²) in [4.78, 5) is 2.30. The normalized spacial score (nSPS) is 11.6. The second-order valence-electron chi connectivity index (χ2n) is 15.6. The van der Waals surface area contributed by atoms with Gasteiger partial charge in [0.25, 0.3) is 0 Å². The fraction of sp³-hybridized carbons (Fsp3) is 0. The second kappa shape index (κ2) is 14.3. The Morgan fingerprint density at radius 3 is 1.44 bits per heavy atom. The zero-order valence-corrected chi connectivity index (χ0v) is 33.1. The summed E-state index contributed by atoms with van der Waals surface area (Å²) in [6.45, 7) is 0. The maximum atomic E-state index is 6.95. The van der Waals surface area contributed by atoms with Crippen molar-refractivity contribution in [2.45, 2.75) is 0 Å². The lowest BCUT2D eigenvalue weighted by molar-refractivity contribution is 0.669. The quantitative estimate of drug-likeness (QED) is 0.161. The molecule has 3 nitrogen and oxygen atoms in total. The summed E-state index contributed by atoms with van der Waals surface area (Å²) in [5.74, 6) is 0. The molecule has 2 heterocycles. The average Bonchev–Trinajstić information content (AvgIpc) is 3.92. The Morgan fingerprint density at radius 2 is 0.770 bits per heavy atom. The molecule has 0 fully saturated rings. The Bertz CT molecular complexity index is 3550. The van der Waals surface area contributed by atoms with Gasteiger partial charge in [0.2, 0.25) is 0 Å². The highest BCUT2D eigenvalue weighted by atomic mass is 16.3. The Balaban J connectivity index is 1.02. The minimum absolute atomic E-state index is 0.852. The third-order valence-electron chi connectivity index (χ3n) is 12.1. The predicted octanol–water partition coefficient (Wildman–Crippen LogP) is 16.8. The van der Waals surface area contributed by atoms with E-state index >= 15 is 0 Å². The van der Waals surface area contributed by atoms with E-state index < -0.39 is 0 Å². The first kappa shape index (κ1) is 34.9. The van der Waals surface area contributed by atoms with Crippen LogP contribution in [0.15, 0.2) is 233 Å². The van der Waals surface area contributed by atoms with Gasteiger partial charge in [-0.1, -0.05) is 170 Å². The monoisotopic (exact) mass is 779 g/mol. The second-order valence-corrected chi connectivity index (χ2v) is 15.6. The molecule has 2 aromatic heterocycles.